The second-order valence-electron chi connectivity index (χ2n) is 5.83. The lowest BCUT2D eigenvalue weighted by Gasteiger charge is -2.09. The normalized spacial score (nSPS) is 11.6. The quantitative estimate of drug-likeness (QED) is 0.474. The molecule has 0 radical (unpaired) electrons. The summed E-state index contributed by atoms with van der Waals surface area (Å²) in [6.45, 7) is 0. The van der Waals surface area contributed by atoms with Crippen LogP contribution in [0.25, 0.3) is 16.8 Å². The van der Waals surface area contributed by atoms with Gasteiger partial charge in [0.05, 0.1) is 0 Å². The molecule has 0 spiro atoms. The van der Waals surface area contributed by atoms with Crippen LogP contribution in [0.1, 0.15) is 0 Å². The minimum atomic E-state index is -4.72. The van der Waals surface area contributed by atoms with E-state index in [1.165, 1.54) is 24.3 Å². The number of aromatic nitrogens is 3. The van der Waals surface area contributed by atoms with Crippen molar-refractivity contribution in [3.63, 3.8) is 0 Å². The number of hydrogen-bond acceptors (Lipinski definition) is 4. The zero-order valence-electron chi connectivity index (χ0n) is 14.1. The predicted octanol–water partition coefficient (Wildman–Crippen LogP) is 5.69. The van der Waals surface area contributed by atoms with Gasteiger partial charge >= 0.3 is 6.36 Å². The number of pyridine rings is 1. The van der Waals surface area contributed by atoms with Gasteiger partial charge in [0.25, 0.3) is 0 Å². The maximum atomic E-state index is 12.2. The highest BCUT2D eigenvalue weighted by Gasteiger charge is 2.30. The highest BCUT2D eigenvalue weighted by Crippen LogP contribution is 2.28. The standard InChI is InChI=1S/C19H12ClF3N4O/c20-16-4-2-1-3-15(16)12-5-10-17-25-18(26-27(17)11-12)24-13-6-8-14(9-7-13)28-19(21,22)23/h1-11H,(H,24,26). The van der Waals surface area contributed by atoms with Crippen molar-refractivity contribution in [1.82, 2.24) is 14.6 Å². The van der Waals surface area contributed by atoms with Crippen molar-refractivity contribution in [2.75, 3.05) is 5.32 Å². The van der Waals surface area contributed by atoms with Crippen molar-refractivity contribution in [3.8, 4) is 16.9 Å². The van der Waals surface area contributed by atoms with Crippen LogP contribution in [-0.2, 0) is 0 Å². The summed E-state index contributed by atoms with van der Waals surface area (Å²) < 4.78 is 42.1. The minimum absolute atomic E-state index is 0.301. The van der Waals surface area contributed by atoms with Crippen LogP contribution in [-0.4, -0.2) is 21.0 Å². The number of fused-ring (bicyclic) bond motifs is 1. The van der Waals surface area contributed by atoms with Crippen LogP contribution < -0.4 is 10.1 Å². The summed E-state index contributed by atoms with van der Waals surface area (Å²) in [5.41, 5.74) is 2.88. The molecule has 28 heavy (non-hydrogen) atoms. The molecule has 0 fully saturated rings. The van der Waals surface area contributed by atoms with Crippen LogP contribution in [0.4, 0.5) is 24.8 Å². The van der Waals surface area contributed by atoms with Crippen LogP contribution in [0, 0.1) is 0 Å². The maximum absolute atomic E-state index is 12.2. The van der Waals surface area contributed by atoms with E-state index < -0.39 is 6.36 Å². The molecule has 0 bridgehead atoms. The highest BCUT2D eigenvalue weighted by molar-refractivity contribution is 6.33. The number of anilines is 2. The smallest absolute Gasteiger partial charge is 0.406 e. The van der Waals surface area contributed by atoms with Gasteiger partial charge in [0.1, 0.15) is 5.75 Å². The van der Waals surface area contributed by atoms with Gasteiger partial charge in [0.15, 0.2) is 5.65 Å². The van der Waals surface area contributed by atoms with E-state index in [9.17, 15) is 13.2 Å². The minimum Gasteiger partial charge on any atom is -0.406 e. The molecule has 4 aromatic rings. The molecule has 0 aliphatic carbocycles. The number of alkyl halides is 3. The summed E-state index contributed by atoms with van der Waals surface area (Å²) in [6.07, 6.45) is -2.92. The first kappa shape index (κ1) is 18.1. The number of nitrogens with one attached hydrogen (secondary N) is 1. The van der Waals surface area contributed by atoms with Crippen LogP contribution in [0.15, 0.2) is 66.9 Å². The zero-order chi connectivity index (χ0) is 19.7. The molecule has 0 amide bonds. The Labute approximate surface area is 162 Å². The van der Waals surface area contributed by atoms with E-state index in [1.807, 2.05) is 30.3 Å². The lowest BCUT2D eigenvalue weighted by molar-refractivity contribution is -0.274. The first-order valence-electron chi connectivity index (χ1n) is 8.11. The van der Waals surface area contributed by atoms with E-state index >= 15 is 0 Å². The average molecular weight is 405 g/mol. The fourth-order valence-corrected chi connectivity index (χ4v) is 2.90. The fraction of sp³-hybridized carbons (Fsp3) is 0.0526. The largest absolute Gasteiger partial charge is 0.573 e. The molecule has 2 heterocycles. The molecule has 0 unspecified atom stereocenters. The van der Waals surface area contributed by atoms with E-state index in [0.717, 1.165) is 11.1 Å². The lowest BCUT2D eigenvalue weighted by Crippen LogP contribution is -2.16. The Morgan fingerprint density at radius 2 is 1.71 bits per heavy atom. The van der Waals surface area contributed by atoms with E-state index in [4.69, 9.17) is 11.6 Å². The van der Waals surface area contributed by atoms with Crippen LogP contribution >= 0.6 is 11.6 Å². The number of benzene rings is 2. The van der Waals surface area contributed by atoms with Gasteiger partial charge in [-0.15, -0.1) is 18.3 Å². The molecule has 5 nitrogen and oxygen atoms in total. The molecular weight excluding hydrogens is 393 g/mol. The Hall–Kier alpha value is -3.26. The van der Waals surface area contributed by atoms with Gasteiger partial charge < -0.3 is 10.1 Å². The van der Waals surface area contributed by atoms with Gasteiger partial charge in [-0.1, -0.05) is 29.8 Å². The Morgan fingerprint density at radius 1 is 0.964 bits per heavy atom. The van der Waals surface area contributed by atoms with Gasteiger partial charge in [0.2, 0.25) is 5.95 Å². The van der Waals surface area contributed by atoms with Crippen molar-refractivity contribution >= 4 is 28.9 Å². The van der Waals surface area contributed by atoms with Gasteiger partial charge in [-0.25, -0.2) is 4.52 Å². The van der Waals surface area contributed by atoms with E-state index in [2.05, 4.69) is 20.1 Å². The molecule has 4 rings (SSSR count). The molecule has 2 aromatic heterocycles. The van der Waals surface area contributed by atoms with Crippen LogP contribution in [0.2, 0.25) is 5.02 Å². The molecule has 0 atom stereocenters. The summed E-state index contributed by atoms with van der Waals surface area (Å²) in [4.78, 5) is 4.34. The molecule has 0 aliphatic rings. The molecule has 0 saturated carbocycles. The Bertz CT molecular complexity index is 1130. The van der Waals surface area contributed by atoms with Gasteiger partial charge in [0, 0.05) is 28.0 Å². The molecule has 142 valence electrons. The third-order valence-electron chi connectivity index (χ3n) is 3.86. The summed E-state index contributed by atoms with van der Waals surface area (Å²) >= 11 is 6.24. The molecule has 1 N–H and O–H groups in total. The molecule has 0 aliphatic heterocycles. The summed E-state index contributed by atoms with van der Waals surface area (Å²) in [5.74, 6) is 0.00573. The lowest BCUT2D eigenvalue weighted by atomic mass is 10.1. The number of rotatable bonds is 4. The third-order valence-corrected chi connectivity index (χ3v) is 4.19. The second kappa shape index (κ2) is 7.05. The first-order chi connectivity index (χ1) is 13.4. The molecule has 9 heteroatoms. The molecule has 0 saturated heterocycles. The van der Waals surface area contributed by atoms with Crippen molar-refractivity contribution in [3.05, 3.63) is 71.9 Å². The van der Waals surface area contributed by atoms with Gasteiger partial charge in [-0.3, -0.25) is 0 Å². The topological polar surface area (TPSA) is 51.5 Å². The molecular formula is C19H12ClF3N4O. The van der Waals surface area contributed by atoms with Crippen molar-refractivity contribution in [1.29, 1.82) is 0 Å². The highest BCUT2D eigenvalue weighted by atomic mass is 35.5. The number of ether oxygens (including phenoxy) is 1. The fourth-order valence-electron chi connectivity index (χ4n) is 2.66. The van der Waals surface area contributed by atoms with Crippen LogP contribution in [0.5, 0.6) is 5.75 Å². The Morgan fingerprint density at radius 3 is 2.43 bits per heavy atom. The zero-order valence-corrected chi connectivity index (χ0v) is 14.9. The molecule has 2 aromatic carbocycles. The monoisotopic (exact) mass is 404 g/mol. The summed E-state index contributed by atoms with van der Waals surface area (Å²) in [5, 5.41) is 7.92. The van der Waals surface area contributed by atoms with Crippen molar-refractivity contribution < 1.29 is 17.9 Å². The predicted molar refractivity (Wildman–Crippen MR) is 99.8 cm³/mol. The second-order valence-corrected chi connectivity index (χ2v) is 6.24. The SMILES string of the molecule is FC(F)(F)Oc1ccc(Nc2nc3ccc(-c4ccccc4Cl)cn3n2)cc1. The number of nitrogens with zero attached hydrogens (tertiary/aromatic N) is 3. The number of hydrogen-bond donors (Lipinski definition) is 1. The van der Waals surface area contributed by atoms with E-state index in [0.29, 0.717) is 22.3 Å². The van der Waals surface area contributed by atoms with E-state index in [1.54, 1.807) is 16.8 Å². The van der Waals surface area contributed by atoms with E-state index in [-0.39, 0.29) is 5.75 Å². The average Bonchev–Trinajstić information content (AvgIpc) is 3.04. The van der Waals surface area contributed by atoms with Gasteiger partial charge in [-0.05, 0) is 42.5 Å². The van der Waals surface area contributed by atoms with Gasteiger partial charge in [-0.2, -0.15) is 4.98 Å². The van der Waals surface area contributed by atoms with Crippen molar-refractivity contribution in [2.24, 2.45) is 0 Å². The Kier molecular flexibility index (Phi) is 4.56. The van der Waals surface area contributed by atoms with Crippen LogP contribution in [0.3, 0.4) is 0 Å². The maximum Gasteiger partial charge on any atom is 0.573 e. The Balaban J connectivity index is 1.56. The number of halogens is 4. The third kappa shape index (κ3) is 4.01. The summed E-state index contributed by atoms with van der Waals surface area (Å²) in [6, 6.07) is 16.5. The first-order valence-corrected chi connectivity index (χ1v) is 8.49. The van der Waals surface area contributed by atoms with Crippen molar-refractivity contribution in [2.45, 2.75) is 6.36 Å². The summed E-state index contributed by atoms with van der Waals surface area (Å²) in [7, 11) is 0.